The summed E-state index contributed by atoms with van der Waals surface area (Å²) in [6.07, 6.45) is 2.95. The Morgan fingerprint density at radius 3 is 2.53 bits per heavy atom. The number of hydrogen-bond acceptors (Lipinski definition) is 4. The molecular formula is C11H13N3O3. The van der Waals surface area contributed by atoms with Crippen LogP contribution in [0.15, 0.2) is 29.4 Å². The van der Waals surface area contributed by atoms with Crippen LogP contribution in [0.25, 0.3) is 0 Å². The number of nitro benzene ring substituents is 1. The average Bonchev–Trinajstić information content (AvgIpc) is 2.35. The Morgan fingerprint density at radius 2 is 2.06 bits per heavy atom. The Bertz CT molecular complexity index is 414. The fourth-order valence-electron chi connectivity index (χ4n) is 1.19. The molecule has 0 saturated heterocycles. The molecule has 1 amide bonds. The van der Waals surface area contributed by atoms with Gasteiger partial charge in [-0.05, 0) is 24.1 Å². The lowest BCUT2D eigenvalue weighted by atomic mass is 10.2. The molecule has 1 rings (SSSR count). The van der Waals surface area contributed by atoms with Crippen LogP contribution in [0.4, 0.5) is 5.69 Å². The van der Waals surface area contributed by atoms with Crippen molar-refractivity contribution >= 4 is 18.3 Å². The second-order valence-electron chi connectivity index (χ2n) is 3.36. The molecular weight excluding hydrogens is 222 g/mol. The number of hydrogen-bond donors (Lipinski definition) is 0. The van der Waals surface area contributed by atoms with Gasteiger partial charge in [-0.1, -0.05) is 6.92 Å². The first-order valence-electron chi connectivity index (χ1n) is 5.17. The highest BCUT2D eigenvalue weighted by molar-refractivity contribution is 5.80. The number of non-ortho nitro benzene ring substituents is 1. The second kappa shape index (κ2) is 6.37. The molecule has 0 saturated carbocycles. The summed E-state index contributed by atoms with van der Waals surface area (Å²) in [6.45, 7) is 2.49. The monoisotopic (exact) mass is 235 g/mol. The van der Waals surface area contributed by atoms with Gasteiger partial charge >= 0.3 is 0 Å². The first kappa shape index (κ1) is 12.8. The topological polar surface area (TPSA) is 75.8 Å². The van der Waals surface area contributed by atoms with Crippen LogP contribution in [0.2, 0.25) is 0 Å². The second-order valence-corrected chi connectivity index (χ2v) is 3.36. The molecule has 0 bridgehead atoms. The molecule has 0 aliphatic heterocycles. The van der Waals surface area contributed by atoms with Gasteiger partial charge in [-0.2, -0.15) is 5.10 Å². The molecule has 6 nitrogen and oxygen atoms in total. The number of carbonyl (C=O) groups excluding carboxylic acids is 1. The Hall–Kier alpha value is -2.24. The van der Waals surface area contributed by atoms with Gasteiger partial charge in [-0.3, -0.25) is 14.9 Å². The fourth-order valence-corrected chi connectivity index (χ4v) is 1.19. The summed E-state index contributed by atoms with van der Waals surface area (Å²) in [5, 5.41) is 15.7. The van der Waals surface area contributed by atoms with Crippen LogP contribution in [0.1, 0.15) is 18.9 Å². The number of benzene rings is 1. The molecule has 0 spiro atoms. The van der Waals surface area contributed by atoms with Crippen LogP contribution in [0.5, 0.6) is 0 Å². The van der Waals surface area contributed by atoms with Crippen LogP contribution in [0.3, 0.4) is 0 Å². The molecule has 90 valence electrons. The Kier molecular flexibility index (Phi) is 4.80. The molecule has 0 N–H and O–H groups in total. The molecule has 0 fully saturated rings. The summed E-state index contributed by atoms with van der Waals surface area (Å²) >= 11 is 0. The van der Waals surface area contributed by atoms with Crippen LogP contribution in [-0.4, -0.2) is 29.1 Å². The van der Waals surface area contributed by atoms with Crippen molar-refractivity contribution in [1.29, 1.82) is 0 Å². The molecule has 0 aromatic heterocycles. The molecule has 0 atom stereocenters. The fraction of sp³-hybridized carbons (Fsp3) is 0.273. The van der Waals surface area contributed by atoms with Crippen molar-refractivity contribution in [1.82, 2.24) is 5.01 Å². The number of rotatable bonds is 6. The van der Waals surface area contributed by atoms with Gasteiger partial charge in [-0.15, -0.1) is 0 Å². The van der Waals surface area contributed by atoms with Gasteiger partial charge in [0.05, 0.1) is 11.1 Å². The van der Waals surface area contributed by atoms with E-state index >= 15 is 0 Å². The maximum Gasteiger partial charge on any atom is 0.269 e. The molecule has 0 aliphatic rings. The lowest BCUT2D eigenvalue weighted by Gasteiger charge is -2.07. The van der Waals surface area contributed by atoms with E-state index in [0.29, 0.717) is 18.5 Å². The van der Waals surface area contributed by atoms with Crippen molar-refractivity contribution in [2.45, 2.75) is 13.3 Å². The number of hydrazone groups is 1. The van der Waals surface area contributed by atoms with Gasteiger partial charge in [0.15, 0.2) is 0 Å². The van der Waals surface area contributed by atoms with Gasteiger partial charge in [0.2, 0.25) is 6.41 Å². The Balaban J connectivity index is 2.71. The van der Waals surface area contributed by atoms with E-state index in [2.05, 4.69) is 5.10 Å². The minimum atomic E-state index is -0.463. The predicted molar refractivity (Wildman–Crippen MR) is 63.8 cm³/mol. The van der Waals surface area contributed by atoms with E-state index < -0.39 is 4.92 Å². The first-order valence-corrected chi connectivity index (χ1v) is 5.17. The quantitative estimate of drug-likeness (QED) is 0.326. The summed E-state index contributed by atoms with van der Waals surface area (Å²) in [7, 11) is 0. The highest BCUT2D eigenvalue weighted by Crippen LogP contribution is 2.10. The van der Waals surface area contributed by atoms with E-state index in [1.165, 1.54) is 23.4 Å². The van der Waals surface area contributed by atoms with E-state index in [1.54, 1.807) is 12.1 Å². The minimum absolute atomic E-state index is 0.0305. The number of nitro groups is 1. The van der Waals surface area contributed by atoms with E-state index in [9.17, 15) is 14.9 Å². The third-order valence-electron chi connectivity index (χ3n) is 2.03. The van der Waals surface area contributed by atoms with Crippen molar-refractivity contribution in [3.8, 4) is 0 Å². The molecule has 0 heterocycles. The smallest absolute Gasteiger partial charge is 0.269 e. The molecule has 0 aliphatic carbocycles. The largest absolute Gasteiger partial charge is 0.277 e. The van der Waals surface area contributed by atoms with Crippen molar-refractivity contribution in [2.24, 2.45) is 5.10 Å². The zero-order chi connectivity index (χ0) is 12.7. The zero-order valence-electron chi connectivity index (χ0n) is 9.44. The molecule has 6 heteroatoms. The van der Waals surface area contributed by atoms with Crippen LogP contribution in [-0.2, 0) is 4.79 Å². The molecule has 0 radical (unpaired) electrons. The van der Waals surface area contributed by atoms with E-state index in [1.807, 2.05) is 6.92 Å². The Labute approximate surface area is 98.7 Å². The lowest BCUT2D eigenvalue weighted by molar-refractivity contribution is -0.384. The number of nitrogens with zero attached hydrogens (tertiary/aromatic N) is 3. The Morgan fingerprint density at radius 1 is 1.41 bits per heavy atom. The summed E-state index contributed by atoms with van der Waals surface area (Å²) in [4.78, 5) is 20.5. The van der Waals surface area contributed by atoms with Crippen LogP contribution >= 0.6 is 0 Å². The van der Waals surface area contributed by atoms with Crippen molar-refractivity contribution in [3.63, 3.8) is 0 Å². The summed E-state index contributed by atoms with van der Waals surface area (Å²) in [5.41, 5.74) is 0.738. The van der Waals surface area contributed by atoms with Crippen molar-refractivity contribution in [3.05, 3.63) is 39.9 Å². The third kappa shape index (κ3) is 4.02. The molecule has 17 heavy (non-hydrogen) atoms. The third-order valence-corrected chi connectivity index (χ3v) is 2.03. The SMILES string of the molecule is CCCN(C=O)/N=C\c1ccc([N+](=O)[O-])cc1. The maximum atomic E-state index is 10.6. The van der Waals surface area contributed by atoms with E-state index in [4.69, 9.17) is 0 Å². The van der Waals surface area contributed by atoms with Crippen LogP contribution < -0.4 is 0 Å². The summed E-state index contributed by atoms with van der Waals surface area (Å²) in [5.74, 6) is 0. The minimum Gasteiger partial charge on any atom is -0.277 e. The van der Waals surface area contributed by atoms with Gasteiger partial charge in [0.1, 0.15) is 0 Å². The van der Waals surface area contributed by atoms with Gasteiger partial charge in [0, 0.05) is 18.7 Å². The van der Waals surface area contributed by atoms with E-state index in [0.717, 1.165) is 6.42 Å². The summed E-state index contributed by atoms with van der Waals surface area (Å²) < 4.78 is 0. The summed E-state index contributed by atoms with van der Waals surface area (Å²) in [6, 6.07) is 5.95. The maximum absolute atomic E-state index is 10.6. The average molecular weight is 235 g/mol. The lowest BCUT2D eigenvalue weighted by Crippen LogP contribution is -2.15. The standard InChI is InChI=1S/C11H13N3O3/c1-2-7-13(9-15)12-8-10-3-5-11(6-4-10)14(16)17/h3-6,8-9H,2,7H2,1H3/b12-8-. The molecule has 0 unspecified atom stereocenters. The highest BCUT2D eigenvalue weighted by atomic mass is 16.6. The van der Waals surface area contributed by atoms with Gasteiger partial charge in [-0.25, -0.2) is 5.01 Å². The van der Waals surface area contributed by atoms with E-state index in [-0.39, 0.29) is 5.69 Å². The number of carbonyl (C=O) groups is 1. The number of amides is 1. The highest BCUT2D eigenvalue weighted by Gasteiger charge is 2.02. The normalized spacial score (nSPS) is 10.4. The van der Waals surface area contributed by atoms with Crippen molar-refractivity contribution in [2.75, 3.05) is 6.54 Å². The zero-order valence-corrected chi connectivity index (χ0v) is 9.44. The molecule has 1 aromatic rings. The predicted octanol–water partition coefficient (Wildman–Crippen LogP) is 1.80. The first-order chi connectivity index (χ1) is 8.17. The van der Waals surface area contributed by atoms with Gasteiger partial charge in [0.25, 0.3) is 5.69 Å². The van der Waals surface area contributed by atoms with Gasteiger partial charge < -0.3 is 0 Å². The van der Waals surface area contributed by atoms with Crippen molar-refractivity contribution < 1.29 is 9.72 Å². The van der Waals surface area contributed by atoms with Crippen LogP contribution in [0, 0.1) is 10.1 Å². The molecule has 1 aromatic carbocycles.